The van der Waals surface area contributed by atoms with Gasteiger partial charge in [0.05, 0.1) is 12.9 Å². The number of esters is 1. The average molecular weight is 451 g/mol. The van der Waals surface area contributed by atoms with Crippen molar-refractivity contribution in [2.75, 3.05) is 18.9 Å². The summed E-state index contributed by atoms with van der Waals surface area (Å²) in [7, 11) is -2.52. The zero-order valence-corrected chi connectivity index (χ0v) is 18.2. The minimum atomic E-state index is -2.52. The summed E-state index contributed by atoms with van der Waals surface area (Å²) in [5.41, 5.74) is 3.80. The van der Waals surface area contributed by atoms with Gasteiger partial charge in [-0.05, 0) is 25.3 Å². The Morgan fingerprint density at radius 3 is 2.97 bits per heavy atom. The van der Waals surface area contributed by atoms with E-state index in [4.69, 9.17) is 26.2 Å². The summed E-state index contributed by atoms with van der Waals surface area (Å²) in [6.45, 7) is 4.48. The van der Waals surface area contributed by atoms with Crippen molar-refractivity contribution in [3.8, 4) is 12.3 Å². The molecule has 0 bridgehead atoms. The first-order valence-electron chi connectivity index (χ1n) is 9.45. The van der Waals surface area contributed by atoms with Gasteiger partial charge in [-0.3, -0.25) is 4.57 Å². The highest BCUT2D eigenvalue weighted by molar-refractivity contribution is 7.36. The van der Waals surface area contributed by atoms with Crippen LogP contribution >= 0.6 is 8.18 Å². The van der Waals surface area contributed by atoms with E-state index in [1.54, 1.807) is 11.5 Å². The molecule has 0 radical (unpaired) electrons. The summed E-state index contributed by atoms with van der Waals surface area (Å²) < 4.78 is 30.1. The Balaban J connectivity index is 1.70. The molecule has 0 aliphatic carbocycles. The van der Waals surface area contributed by atoms with E-state index in [2.05, 4.69) is 26.0 Å². The van der Waals surface area contributed by atoms with Crippen molar-refractivity contribution in [1.82, 2.24) is 24.6 Å². The monoisotopic (exact) mass is 451 g/mol. The molecule has 2 aromatic rings. The van der Waals surface area contributed by atoms with Crippen LogP contribution in [-0.2, 0) is 23.4 Å². The number of nitrogens with two attached hydrogens (primary N) is 1. The van der Waals surface area contributed by atoms with Crippen LogP contribution in [0, 0.1) is 12.3 Å². The zero-order chi connectivity index (χ0) is 22.8. The third-order valence-corrected chi connectivity index (χ3v) is 5.91. The van der Waals surface area contributed by atoms with Crippen LogP contribution in [0.3, 0.4) is 0 Å². The second-order valence-electron chi connectivity index (χ2n) is 7.43. The lowest BCUT2D eigenvalue weighted by Crippen LogP contribution is -2.45. The second-order valence-corrected chi connectivity index (χ2v) is 8.42. The highest BCUT2D eigenvalue weighted by Gasteiger charge is 2.51. The van der Waals surface area contributed by atoms with Crippen LogP contribution in [0.2, 0.25) is 0 Å². The van der Waals surface area contributed by atoms with Gasteiger partial charge >= 0.3 is 14.1 Å². The molecule has 3 heterocycles. The molecule has 13 heteroatoms. The molecule has 1 saturated heterocycles. The first-order chi connectivity index (χ1) is 14.6. The molecular weight excluding hydrogens is 427 g/mol. The van der Waals surface area contributed by atoms with Crippen LogP contribution in [-0.4, -0.2) is 61.1 Å². The first-order valence-corrected chi connectivity index (χ1v) is 10.6. The molecule has 0 aromatic carbocycles. The zero-order valence-electron chi connectivity index (χ0n) is 17.3. The number of fused-ring (bicyclic) bond motifs is 1. The molecule has 12 nitrogen and oxygen atoms in total. The maximum atomic E-state index is 12.4. The fraction of sp³-hybridized carbons (Fsp3) is 0.556. The number of hydrogen-bond acceptors (Lipinski definition) is 10. The largest absolute Gasteiger partial charge is 0.614 e. The number of imidazole rings is 1. The number of anilines is 1. The summed E-state index contributed by atoms with van der Waals surface area (Å²) in [5, 5.41) is 13.2. The molecule has 1 aliphatic heterocycles. The minimum Gasteiger partial charge on any atom is -0.465 e. The van der Waals surface area contributed by atoms with Gasteiger partial charge in [0.2, 0.25) is 0 Å². The highest BCUT2D eigenvalue weighted by Crippen LogP contribution is 2.39. The number of terminal acetylenes is 1. The summed E-state index contributed by atoms with van der Waals surface area (Å²) in [4.78, 5) is 24.2. The second kappa shape index (κ2) is 8.82. The van der Waals surface area contributed by atoms with E-state index in [1.807, 2.05) is 0 Å². The van der Waals surface area contributed by atoms with Crippen LogP contribution < -0.4 is 10.8 Å². The number of carbonyl (C=O) groups is 1. The molecule has 0 saturated carbocycles. The lowest BCUT2D eigenvalue weighted by Gasteiger charge is -2.24. The molecular formula is C18H24N6O6P+. The average Bonchev–Trinajstić information content (AvgIpc) is 3.28. The number of hydrogen-bond donors (Lipinski definition) is 3. The Morgan fingerprint density at radius 1 is 1.55 bits per heavy atom. The van der Waals surface area contributed by atoms with Gasteiger partial charge < -0.3 is 20.3 Å². The maximum absolute atomic E-state index is 12.4. The Bertz CT molecular complexity index is 1040. The summed E-state index contributed by atoms with van der Waals surface area (Å²) in [6, 6.07) is 0. The van der Waals surface area contributed by atoms with Crippen LogP contribution in [0.1, 0.15) is 33.4 Å². The maximum Gasteiger partial charge on any atom is 0.614 e. The van der Waals surface area contributed by atoms with Gasteiger partial charge in [0.1, 0.15) is 30.8 Å². The van der Waals surface area contributed by atoms with Crippen molar-refractivity contribution < 1.29 is 28.5 Å². The van der Waals surface area contributed by atoms with Gasteiger partial charge in [0.15, 0.2) is 22.6 Å². The normalized spacial score (nSPS) is 24.2. The van der Waals surface area contributed by atoms with Crippen molar-refractivity contribution in [3.63, 3.8) is 0 Å². The van der Waals surface area contributed by atoms with E-state index in [-0.39, 0.29) is 25.5 Å². The Hall–Kier alpha value is -2.68. The van der Waals surface area contributed by atoms with E-state index in [1.165, 1.54) is 26.5 Å². The molecule has 4 N–H and O–H groups in total. The summed E-state index contributed by atoms with van der Waals surface area (Å²) in [6.07, 6.45) is 6.67. The number of nitrogens with zero attached hydrogens (tertiary/aromatic N) is 4. The van der Waals surface area contributed by atoms with Crippen LogP contribution in [0.15, 0.2) is 12.7 Å². The number of aliphatic hydroxyl groups is 1. The number of nitrogen functional groups attached to an aromatic ring is 1. The van der Waals surface area contributed by atoms with Crippen molar-refractivity contribution in [1.29, 1.82) is 0 Å². The molecule has 166 valence electrons. The predicted molar refractivity (Wildman–Crippen MR) is 109 cm³/mol. The topological polar surface area (TPSA) is 164 Å². The van der Waals surface area contributed by atoms with E-state index < -0.39 is 37.6 Å². The third kappa shape index (κ3) is 4.51. The standard InChI is InChI=1S/C18H24N6O6P/c1-5-18(8-29-31(27)23-17(3,4)16(26)28-6-2)11(25)7-12(30-18)24-10-22-13-14(19)20-9-21-15(13)24/h1,9-12,25H,6-8H2,2-4H3,(H,23,27)(H2,19,20,21)/q+1/t11-,12+,18+/m0/s1. The number of ether oxygens (including phenoxy) is 2. The molecule has 0 amide bonds. The van der Waals surface area contributed by atoms with Gasteiger partial charge in [-0.1, -0.05) is 11.0 Å². The predicted octanol–water partition coefficient (Wildman–Crippen LogP) is 0.666. The van der Waals surface area contributed by atoms with Gasteiger partial charge in [-0.25, -0.2) is 19.7 Å². The van der Waals surface area contributed by atoms with Crippen LogP contribution in [0.25, 0.3) is 11.2 Å². The number of rotatable bonds is 8. The number of nitrogens with one attached hydrogen (secondary N) is 1. The molecule has 3 rings (SSSR count). The summed E-state index contributed by atoms with van der Waals surface area (Å²) in [5.74, 6) is 2.03. The van der Waals surface area contributed by atoms with Gasteiger partial charge in [0, 0.05) is 6.42 Å². The molecule has 2 aromatic heterocycles. The van der Waals surface area contributed by atoms with Crippen molar-refractivity contribution in [3.05, 3.63) is 12.7 Å². The molecule has 1 aliphatic rings. The van der Waals surface area contributed by atoms with Crippen molar-refractivity contribution in [2.45, 2.75) is 50.7 Å². The van der Waals surface area contributed by atoms with E-state index in [0.29, 0.717) is 11.2 Å². The van der Waals surface area contributed by atoms with Gasteiger partial charge in [-0.15, -0.1) is 10.9 Å². The quantitative estimate of drug-likeness (QED) is 0.293. The molecule has 0 spiro atoms. The third-order valence-electron chi connectivity index (χ3n) is 4.80. The minimum absolute atomic E-state index is 0.113. The fourth-order valence-electron chi connectivity index (χ4n) is 3.08. The SMILES string of the molecule is C#C[C@]1(CO[P+](=O)NC(C)(C)C(=O)OCC)O[C@@H](n2cnc3c(N)ncnc32)C[C@@H]1O. The molecule has 4 atom stereocenters. The lowest BCUT2D eigenvalue weighted by molar-refractivity contribution is -0.149. The Labute approximate surface area is 179 Å². The fourth-order valence-corrected chi connectivity index (χ4v) is 4.00. The number of carbonyl (C=O) groups excluding carboxylic acids is 1. The first kappa shape index (κ1) is 23.0. The van der Waals surface area contributed by atoms with Crippen molar-refractivity contribution >= 4 is 31.1 Å². The molecule has 31 heavy (non-hydrogen) atoms. The Morgan fingerprint density at radius 2 is 2.29 bits per heavy atom. The van der Waals surface area contributed by atoms with E-state index in [9.17, 15) is 14.5 Å². The summed E-state index contributed by atoms with van der Waals surface area (Å²) >= 11 is 0. The smallest absolute Gasteiger partial charge is 0.465 e. The number of aromatic nitrogens is 4. The van der Waals surface area contributed by atoms with E-state index in [0.717, 1.165) is 0 Å². The Kier molecular flexibility index (Phi) is 6.54. The number of aliphatic hydroxyl groups excluding tert-OH is 1. The molecule has 1 fully saturated rings. The lowest BCUT2D eigenvalue weighted by atomic mass is 9.99. The van der Waals surface area contributed by atoms with Gasteiger partial charge in [-0.2, -0.15) is 0 Å². The van der Waals surface area contributed by atoms with Crippen molar-refractivity contribution in [2.24, 2.45) is 0 Å². The highest BCUT2D eigenvalue weighted by atomic mass is 31.1. The van der Waals surface area contributed by atoms with E-state index >= 15 is 0 Å². The van der Waals surface area contributed by atoms with Crippen LogP contribution in [0.4, 0.5) is 5.82 Å². The van der Waals surface area contributed by atoms with Crippen LogP contribution in [0.5, 0.6) is 0 Å². The molecule has 1 unspecified atom stereocenters. The van der Waals surface area contributed by atoms with Gasteiger partial charge in [0.25, 0.3) is 0 Å².